The second-order valence-corrected chi connectivity index (χ2v) is 5.89. The van der Waals surface area contributed by atoms with Gasteiger partial charge in [-0.2, -0.15) is 0 Å². The van der Waals surface area contributed by atoms with E-state index < -0.39 is 0 Å². The predicted molar refractivity (Wildman–Crippen MR) is 61.8 cm³/mol. The minimum atomic E-state index is 0.232. The monoisotopic (exact) mass is 224 g/mol. The third kappa shape index (κ3) is 1.80. The van der Waals surface area contributed by atoms with Gasteiger partial charge in [-0.25, -0.2) is 0 Å². The van der Waals surface area contributed by atoms with Crippen molar-refractivity contribution in [2.24, 2.45) is 22.7 Å². The Hall–Kier alpha value is -0.510. The van der Waals surface area contributed by atoms with Gasteiger partial charge in [-0.05, 0) is 31.1 Å². The van der Waals surface area contributed by atoms with Gasteiger partial charge in [0.05, 0.1) is 6.54 Å². The predicted octanol–water partition coefficient (Wildman–Crippen LogP) is 1.64. The molecule has 2 saturated carbocycles. The highest BCUT2D eigenvalue weighted by atomic mass is 32.2. The Balaban J connectivity index is 1.60. The molecule has 0 unspecified atom stereocenters. The number of fused-ring (bicyclic) bond motifs is 2. The summed E-state index contributed by atoms with van der Waals surface area (Å²) in [6.45, 7) is 0.858. The number of rotatable bonds is 1. The number of carbonyl (C=O) groups is 1. The SMILES string of the molecule is O=C(NC1=NCCS1)[C@@H]1C[C@H]2CC[C@H]1C2. The van der Waals surface area contributed by atoms with Crippen molar-refractivity contribution in [3.8, 4) is 0 Å². The molecule has 4 heteroatoms. The lowest BCUT2D eigenvalue weighted by molar-refractivity contribution is -0.124. The van der Waals surface area contributed by atoms with Gasteiger partial charge in [0.1, 0.15) is 0 Å². The number of amides is 1. The zero-order chi connectivity index (χ0) is 10.3. The maximum Gasteiger partial charge on any atom is 0.229 e. The van der Waals surface area contributed by atoms with Crippen LogP contribution in [0.3, 0.4) is 0 Å². The largest absolute Gasteiger partial charge is 0.305 e. The van der Waals surface area contributed by atoms with E-state index in [-0.39, 0.29) is 11.8 Å². The summed E-state index contributed by atoms with van der Waals surface area (Å²) in [5, 5.41) is 3.83. The van der Waals surface area contributed by atoms with Gasteiger partial charge < -0.3 is 5.32 Å². The van der Waals surface area contributed by atoms with Crippen LogP contribution in [0.1, 0.15) is 25.7 Å². The first kappa shape index (κ1) is 9.70. The van der Waals surface area contributed by atoms with Gasteiger partial charge >= 0.3 is 0 Å². The van der Waals surface area contributed by atoms with E-state index >= 15 is 0 Å². The fraction of sp³-hybridized carbons (Fsp3) is 0.818. The van der Waals surface area contributed by atoms with Gasteiger partial charge in [-0.15, -0.1) is 0 Å². The second kappa shape index (κ2) is 3.81. The van der Waals surface area contributed by atoms with E-state index in [1.54, 1.807) is 11.8 Å². The molecule has 0 aromatic heterocycles. The van der Waals surface area contributed by atoms with Crippen molar-refractivity contribution in [1.82, 2.24) is 5.32 Å². The lowest BCUT2D eigenvalue weighted by Crippen LogP contribution is -2.36. The van der Waals surface area contributed by atoms with Gasteiger partial charge in [0.2, 0.25) is 5.91 Å². The molecule has 15 heavy (non-hydrogen) atoms. The summed E-state index contributed by atoms with van der Waals surface area (Å²) in [7, 11) is 0. The van der Waals surface area contributed by atoms with E-state index in [1.165, 1.54) is 19.3 Å². The van der Waals surface area contributed by atoms with Crippen LogP contribution in [0.15, 0.2) is 4.99 Å². The Morgan fingerprint density at radius 3 is 2.93 bits per heavy atom. The molecule has 3 atom stereocenters. The molecule has 0 radical (unpaired) electrons. The zero-order valence-corrected chi connectivity index (χ0v) is 9.55. The molecule has 0 aromatic carbocycles. The van der Waals surface area contributed by atoms with Crippen molar-refractivity contribution in [3.63, 3.8) is 0 Å². The van der Waals surface area contributed by atoms with Crippen LogP contribution in [0.25, 0.3) is 0 Å². The topological polar surface area (TPSA) is 41.5 Å². The van der Waals surface area contributed by atoms with Gasteiger partial charge in [0.15, 0.2) is 5.17 Å². The van der Waals surface area contributed by atoms with E-state index in [9.17, 15) is 4.79 Å². The average Bonchev–Trinajstić information content (AvgIpc) is 2.93. The van der Waals surface area contributed by atoms with Crippen molar-refractivity contribution in [3.05, 3.63) is 0 Å². The fourth-order valence-corrected chi connectivity index (χ4v) is 3.91. The lowest BCUT2D eigenvalue weighted by Gasteiger charge is -2.20. The number of nitrogens with zero attached hydrogens (tertiary/aromatic N) is 1. The van der Waals surface area contributed by atoms with Crippen molar-refractivity contribution >= 4 is 22.8 Å². The summed E-state index contributed by atoms with van der Waals surface area (Å²) in [5.41, 5.74) is 0. The minimum Gasteiger partial charge on any atom is -0.305 e. The summed E-state index contributed by atoms with van der Waals surface area (Å²) in [6.07, 6.45) is 5.03. The number of hydrogen-bond donors (Lipinski definition) is 1. The van der Waals surface area contributed by atoms with E-state index in [2.05, 4.69) is 10.3 Å². The smallest absolute Gasteiger partial charge is 0.229 e. The summed E-state index contributed by atoms with van der Waals surface area (Å²) >= 11 is 1.67. The van der Waals surface area contributed by atoms with Crippen LogP contribution in [0, 0.1) is 17.8 Å². The summed E-state index contributed by atoms with van der Waals surface area (Å²) in [5.74, 6) is 3.04. The number of amidine groups is 1. The van der Waals surface area contributed by atoms with Crippen molar-refractivity contribution in [2.75, 3.05) is 12.3 Å². The molecular formula is C11H16N2OS. The number of carbonyl (C=O) groups excluding carboxylic acids is 1. The van der Waals surface area contributed by atoms with Crippen LogP contribution in [0.5, 0.6) is 0 Å². The molecule has 2 aliphatic carbocycles. The van der Waals surface area contributed by atoms with Crippen molar-refractivity contribution in [1.29, 1.82) is 0 Å². The standard InChI is InChI=1S/C11H16N2OS/c14-10(13-11-12-3-4-15-11)9-6-7-1-2-8(9)5-7/h7-9H,1-6H2,(H,12,13,14)/t7-,8-,9+/m0/s1. The normalized spacial score (nSPS) is 38.1. The maximum absolute atomic E-state index is 12.0. The van der Waals surface area contributed by atoms with Crippen molar-refractivity contribution in [2.45, 2.75) is 25.7 Å². The summed E-state index contributed by atoms with van der Waals surface area (Å²) in [6, 6.07) is 0. The summed E-state index contributed by atoms with van der Waals surface area (Å²) in [4.78, 5) is 16.2. The Morgan fingerprint density at radius 1 is 1.40 bits per heavy atom. The Kier molecular flexibility index (Phi) is 2.47. The molecular weight excluding hydrogens is 208 g/mol. The minimum absolute atomic E-state index is 0.232. The summed E-state index contributed by atoms with van der Waals surface area (Å²) < 4.78 is 0. The Morgan fingerprint density at radius 2 is 2.33 bits per heavy atom. The fourth-order valence-electron chi connectivity index (χ4n) is 3.17. The molecule has 0 saturated heterocycles. The van der Waals surface area contributed by atoms with Crippen LogP contribution in [-0.2, 0) is 4.79 Å². The van der Waals surface area contributed by atoms with E-state index in [0.29, 0.717) is 5.92 Å². The molecule has 3 rings (SSSR count). The second-order valence-electron chi connectivity index (χ2n) is 4.81. The zero-order valence-electron chi connectivity index (χ0n) is 8.74. The molecule has 2 bridgehead atoms. The highest BCUT2D eigenvalue weighted by Gasteiger charge is 2.43. The molecule has 1 heterocycles. The molecule has 0 spiro atoms. The van der Waals surface area contributed by atoms with E-state index in [4.69, 9.17) is 0 Å². The quantitative estimate of drug-likeness (QED) is 0.735. The molecule has 0 aromatic rings. The molecule has 1 amide bonds. The average molecular weight is 224 g/mol. The van der Waals surface area contributed by atoms with Crippen LogP contribution < -0.4 is 5.32 Å². The van der Waals surface area contributed by atoms with Crippen LogP contribution >= 0.6 is 11.8 Å². The van der Waals surface area contributed by atoms with Crippen LogP contribution in [-0.4, -0.2) is 23.4 Å². The van der Waals surface area contributed by atoms with Crippen LogP contribution in [0.2, 0.25) is 0 Å². The Labute approximate surface area is 94.1 Å². The van der Waals surface area contributed by atoms with Crippen molar-refractivity contribution < 1.29 is 4.79 Å². The number of hydrogen-bond acceptors (Lipinski definition) is 3. The lowest BCUT2D eigenvalue weighted by atomic mass is 9.88. The highest BCUT2D eigenvalue weighted by molar-refractivity contribution is 8.14. The molecule has 3 aliphatic rings. The van der Waals surface area contributed by atoms with Crippen LogP contribution in [0.4, 0.5) is 0 Å². The molecule has 1 N–H and O–H groups in total. The number of thioether (sulfide) groups is 1. The van der Waals surface area contributed by atoms with Gasteiger partial charge in [-0.3, -0.25) is 9.79 Å². The maximum atomic E-state index is 12.0. The van der Waals surface area contributed by atoms with Gasteiger partial charge in [0, 0.05) is 11.7 Å². The number of nitrogens with one attached hydrogen (secondary N) is 1. The first-order valence-electron chi connectivity index (χ1n) is 5.81. The van der Waals surface area contributed by atoms with E-state index in [1.807, 2.05) is 0 Å². The highest BCUT2D eigenvalue weighted by Crippen LogP contribution is 2.48. The molecule has 2 fully saturated rings. The van der Waals surface area contributed by atoms with Gasteiger partial charge in [0.25, 0.3) is 0 Å². The third-order valence-electron chi connectivity index (χ3n) is 3.89. The molecule has 1 aliphatic heterocycles. The number of aliphatic imine (C=N–C) groups is 1. The molecule has 3 nitrogen and oxygen atoms in total. The molecule has 82 valence electrons. The Bertz CT molecular complexity index is 316. The van der Waals surface area contributed by atoms with E-state index in [0.717, 1.165) is 29.8 Å². The van der Waals surface area contributed by atoms with Gasteiger partial charge in [-0.1, -0.05) is 18.2 Å². The third-order valence-corrected chi connectivity index (χ3v) is 4.78. The first-order valence-corrected chi connectivity index (χ1v) is 6.79. The first-order chi connectivity index (χ1) is 7.33.